The lowest BCUT2D eigenvalue weighted by Gasteiger charge is -2.10. The van der Waals surface area contributed by atoms with Crippen molar-refractivity contribution in [3.63, 3.8) is 0 Å². The molecule has 1 aromatic heterocycles. The van der Waals surface area contributed by atoms with Crippen molar-refractivity contribution in [2.75, 3.05) is 17.3 Å². The first-order chi connectivity index (χ1) is 10.2. The van der Waals surface area contributed by atoms with Gasteiger partial charge in [0.25, 0.3) is 0 Å². The molecule has 0 aliphatic rings. The Morgan fingerprint density at radius 1 is 1.14 bits per heavy atom. The number of hydrogen-bond donors (Lipinski definition) is 3. The Morgan fingerprint density at radius 2 is 1.86 bits per heavy atom. The van der Waals surface area contributed by atoms with E-state index in [1.54, 1.807) is 6.07 Å². The van der Waals surface area contributed by atoms with Gasteiger partial charge in [0, 0.05) is 19.2 Å². The molecule has 0 unspecified atom stereocenters. The number of hydrogen-bond acceptors (Lipinski definition) is 6. The smallest absolute Gasteiger partial charge is 0.158 e. The number of nitrogens with one attached hydrogen (secondary N) is 2. The number of benzene rings is 1. The summed E-state index contributed by atoms with van der Waals surface area (Å²) in [6, 6.07) is 10.1. The molecular weight excluding hydrogens is 266 g/mol. The number of aryl methyl sites for hydroxylation is 1. The van der Waals surface area contributed by atoms with Gasteiger partial charge in [0.1, 0.15) is 18.2 Å². The lowest BCUT2D eigenvalue weighted by atomic mass is 10.1. The molecule has 0 spiro atoms. The minimum Gasteiger partial charge on any atom is -0.374 e. The van der Waals surface area contributed by atoms with Crippen LogP contribution in [0.4, 0.5) is 11.6 Å². The summed E-state index contributed by atoms with van der Waals surface area (Å²) in [4.78, 5) is 8.65. The zero-order chi connectivity index (χ0) is 15.1. The van der Waals surface area contributed by atoms with E-state index in [9.17, 15) is 0 Å². The predicted molar refractivity (Wildman–Crippen MR) is 83.7 cm³/mol. The van der Waals surface area contributed by atoms with Gasteiger partial charge in [-0.1, -0.05) is 29.8 Å². The first-order valence-electron chi connectivity index (χ1n) is 6.93. The molecule has 0 atom stereocenters. The van der Waals surface area contributed by atoms with Gasteiger partial charge >= 0.3 is 0 Å². The van der Waals surface area contributed by atoms with E-state index in [-0.39, 0.29) is 0 Å². The third-order valence-corrected chi connectivity index (χ3v) is 2.95. The summed E-state index contributed by atoms with van der Waals surface area (Å²) in [6.45, 7) is 5.68. The van der Waals surface area contributed by atoms with Gasteiger partial charge in [-0.15, -0.1) is 0 Å². The van der Waals surface area contributed by atoms with Crippen LogP contribution >= 0.6 is 0 Å². The maximum absolute atomic E-state index is 5.43. The van der Waals surface area contributed by atoms with E-state index in [4.69, 9.17) is 10.6 Å². The number of rotatable bonds is 7. The molecule has 0 aliphatic carbocycles. The largest absolute Gasteiger partial charge is 0.374 e. The van der Waals surface area contributed by atoms with Gasteiger partial charge in [-0.3, -0.25) is 0 Å². The summed E-state index contributed by atoms with van der Waals surface area (Å²) in [5, 5.41) is 3.27. The van der Waals surface area contributed by atoms with Gasteiger partial charge in [-0.25, -0.2) is 15.8 Å². The van der Waals surface area contributed by atoms with Crippen LogP contribution in [-0.2, 0) is 17.9 Å². The highest BCUT2D eigenvalue weighted by Gasteiger charge is 2.04. The molecule has 21 heavy (non-hydrogen) atoms. The number of hydrazine groups is 1. The zero-order valence-electron chi connectivity index (χ0n) is 12.4. The number of nitrogens with two attached hydrogens (primary N) is 1. The molecule has 1 heterocycles. The molecule has 2 aromatic rings. The van der Waals surface area contributed by atoms with Crippen molar-refractivity contribution in [3.8, 4) is 0 Å². The van der Waals surface area contributed by atoms with Gasteiger partial charge in [0.05, 0.1) is 0 Å². The summed E-state index contributed by atoms with van der Waals surface area (Å²) in [7, 11) is 0. The van der Waals surface area contributed by atoms with Crippen molar-refractivity contribution in [3.05, 3.63) is 47.3 Å². The van der Waals surface area contributed by atoms with Gasteiger partial charge < -0.3 is 15.5 Å². The first kappa shape index (κ1) is 15.2. The van der Waals surface area contributed by atoms with Crippen LogP contribution < -0.4 is 16.6 Å². The topological polar surface area (TPSA) is 85.1 Å². The van der Waals surface area contributed by atoms with Crippen molar-refractivity contribution in [1.29, 1.82) is 0 Å². The fraction of sp³-hybridized carbons (Fsp3) is 0.333. The minimum atomic E-state index is 0.366. The Bertz CT molecular complexity index is 571. The number of nitrogen functional groups attached to an aromatic ring is 1. The average molecular weight is 287 g/mol. The van der Waals surface area contributed by atoms with Crippen LogP contribution in [0.15, 0.2) is 30.3 Å². The normalized spacial score (nSPS) is 10.4. The number of anilines is 2. The van der Waals surface area contributed by atoms with Crippen molar-refractivity contribution in [1.82, 2.24) is 9.97 Å². The van der Waals surface area contributed by atoms with E-state index in [0.29, 0.717) is 37.2 Å². The summed E-state index contributed by atoms with van der Waals surface area (Å²) in [5.41, 5.74) is 4.98. The van der Waals surface area contributed by atoms with Crippen LogP contribution in [0.5, 0.6) is 0 Å². The monoisotopic (exact) mass is 287 g/mol. The highest BCUT2D eigenvalue weighted by Crippen LogP contribution is 2.13. The Labute approximate surface area is 124 Å². The molecule has 0 amide bonds. The number of nitrogens with zero attached hydrogens (tertiary/aromatic N) is 2. The molecule has 0 aliphatic heterocycles. The van der Waals surface area contributed by atoms with Crippen LogP contribution in [0, 0.1) is 6.92 Å². The van der Waals surface area contributed by atoms with Crippen LogP contribution in [0.25, 0.3) is 0 Å². The van der Waals surface area contributed by atoms with Crippen LogP contribution in [0.3, 0.4) is 0 Å². The first-order valence-corrected chi connectivity index (χ1v) is 6.93. The maximum atomic E-state index is 5.43. The van der Waals surface area contributed by atoms with Crippen molar-refractivity contribution < 1.29 is 4.74 Å². The van der Waals surface area contributed by atoms with Crippen LogP contribution in [0.2, 0.25) is 0 Å². The molecule has 6 nitrogen and oxygen atoms in total. The standard InChI is InChI=1S/C15H21N5O/c1-3-21-10-15-18-13(8-14(19-15)20-16)17-9-12-6-4-11(2)5-7-12/h4-8H,3,9-10,16H2,1-2H3,(H2,17,18,19,20). The van der Waals surface area contributed by atoms with Gasteiger partial charge in [0.15, 0.2) is 5.82 Å². The Kier molecular flexibility index (Phi) is 5.48. The Morgan fingerprint density at radius 3 is 2.52 bits per heavy atom. The molecular formula is C15H21N5O. The fourth-order valence-electron chi connectivity index (χ4n) is 1.82. The molecule has 112 valence electrons. The second-order valence-electron chi connectivity index (χ2n) is 4.68. The second-order valence-corrected chi connectivity index (χ2v) is 4.68. The summed E-state index contributed by atoms with van der Waals surface area (Å²) >= 11 is 0. The molecule has 0 radical (unpaired) electrons. The molecule has 0 saturated heterocycles. The van der Waals surface area contributed by atoms with Gasteiger partial charge in [-0.2, -0.15) is 0 Å². The zero-order valence-corrected chi connectivity index (χ0v) is 12.4. The van der Waals surface area contributed by atoms with E-state index >= 15 is 0 Å². The molecule has 0 bridgehead atoms. The van der Waals surface area contributed by atoms with E-state index in [1.807, 2.05) is 6.92 Å². The van der Waals surface area contributed by atoms with Gasteiger partial charge in [0.2, 0.25) is 0 Å². The third-order valence-electron chi connectivity index (χ3n) is 2.95. The van der Waals surface area contributed by atoms with E-state index in [2.05, 4.69) is 51.9 Å². The Balaban J connectivity index is 2.05. The molecule has 0 fully saturated rings. The van der Waals surface area contributed by atoms with Crippen LogP contribution in [-0.4, -0.2) is 16.6 Å². The molecule has 4 N–H and O–H groups in total. The number of aromatic nitrogens is 2. The predicted octanol–water partition coefficient (Wildman–Crippen LogP) is 2.22. The maximum Gasteiger partial charge on any atom is 0.158 e. The molecule has 2 rings (SSSR count). The number of ether oxygens (including phenoxy) is 1. The Hall–Kier alpha value is -2.18. The SMILES string of the molecule is CCOCc1nc(NN)cc(NCc2ccc(C)cc2)n1. The van der Waals surface area contributed by atoms with Crippen LogP contribution in [0.1, 0.15) is 23.9 Å². The average Bonchev–Trinajstić information content (AvgIpc) is 2.52. The molecule has 6 heteroatoms. The third kappa shape index (κ3) is 4.70. The quantitative estimate of drug-likeness (QED) is 0.535. The molecule has 0 saturated carbocycles. The van der Waals surface area contributed by atoms with Crippen molar-refractivity contribution in [2.45, 2.75) is 27.0 Å². The fourth-order valence-corrected chi connectivity index (χ4v) is 1.82. The van der Waals surface area contributed by atoms with Crippen molar-refractivity contribution >= 4 is 11.6 Å². The highest BCUT2D eigenvalue weighted by molar-refractivity contribution is 5.47. The lowest BCUT2D eigenvalue weighted by molar-refractivity contribution is 0.128. The van der Waals surface area contributed by atoms with Crippen molar-refractivity contribution in [2.24, 2.45) is 5.84 Å². The highest BCUT2D eigenvalue weighted by atomic mass is 16.5. The lowest BCUT2D eigenvalue weighted by Crippen LogP contribution is -2.13. The summed E-state index contributed by atoms with van der Waals surface area (Å²) in [6.07, 6.45) is 0. The minimum absolute atomic E-state index is 0.366. The van der Waals surface area contributed by atoms with E-state index in [0.717, 1.165) is 0 Å². The summed E-state index contributed by atoms with van der Waals surface area (Å²) in [5.74, 6) is 7.30. The van der Waals surface area contributed by atoms with E-state index < -0.39 is 0 Å². The second kappa shape index (κ2) is 7.56. The van der Waals surface area contributed by atoms with Gasteiger partial charge in [-0.05, 0) is 19.4 Å². The summed E-state index contributed by atoms with van der Waals surface area (Å²) < 4.78 is 5.33. The van der Waals surface area contributed by atoms with E-state index in [1.165, 1.54) is 11.1 Å². The molecule has 1 aromatic carbocycles.